The van der Waals surface area contributed by atoms with Crippen LogP contribution in [0.25, 0.3) is 10.9 Å². The van der Waals surface area contributed by atoms with E-state index in [1.54, 1.807) is 0 Å². The van der Waals surface area contributed by atoms with E-state index in [0.29, 0.717) is 6.42 Å². The molecule has 0 radical (unpaired) electrons. The van der Waals surface area contributed by atoms with Gasteiger partial charge in [-0.1, -0.05) is 115 Å². The van der Waals surface area contributed by atoms with Crippen LogP contribution >= 0.6 is 0 Å². The third-order valence-electron chi connectivity index (χ3n) is 6.67. The van der Waals surface area contributed by atoms with Crippen LogP contribution in [-0.4, -0.2) is 28.0 Å². The van der Waals surface area contributed by atoms with Gasteiger partial charge in [0.15, 0.2) is 0 Å². The van der Waals surface area contributed by atoms with Crippen LogP contribution in [0.5, 0.6) is 0 Å². The molecule has 0 amide bonds. The summed E-state index contributed by atoms with van der Waals surface area (Å²) in [7, 11) is 0. The molecule has 0 aliphatic rings. The molecule has 35 heavy (non-hydrogen) atoms. The quantitative estimate of drug-likeness (QED) is 0.126. The molecular weight excluding hydrogens is 447 g/mol. The molecule has 1 aromatic heterocycles. The number of unbranched alkanes of at least 4 members (excludes halogenated alkanes) is 14. The molecule has 1 aromatic carbocycles. The summed E-state index contributed by atoms with van der Waals surface area (Å²) >= 11 is 0. The molecule has 0 saturated heterocycles. The number of aromatic amines is 1. The molecule has 1 heterocycles. The van der Waals surface area contributed by atoms with Crippen molar-refractivity contribution >= 4 is 22.8 Å². The van der Waals surface area contributed by atoms with E-state index in [-0.39, 0.29) is 41.9 Å². The Bertz CT molecular complexity index is 849. The van der Waals surface area contributed by atoms with Gasteiger partial charge in [-0.15, -0.1) is 0 Å². The molecule has 190 valence electrons. The van der Waals surface area contributed by atoms with Gasteiger partial charge in [-0.05, 0) is 30.4 Å². The summed E-state index contributed by atoms with van der Waals surface area (Å²) in [4.78, 5) is 18.8. The summed E-state index contributed by atoms with van der Waals surface area (Å²) in [6.07, 6.45) is 21.6. The summed E-state index contributed by atoms with van der Waals surface area (Å²) in [6.45, 7) is 2.26. The van der Waals surface area contributed by atoms with Gasteiger partial charge in [0, 0.05) is 23.5 Å². The van der Waals surface area contributed by atoms with Gasteiger partial charge >= 0.3 is 35.5 Å². The van der Waals surface area contributed by atoms with E-state index in [4.69, 9.17) is 0 Å². The maximum atomic E-state index is 12.2. The van der Waals surface area contributed by atoms with Crippen LogP contribution in [0.2, 0.25) is 0 Å². The number of carbonyl (C=O) groups is 1. The van der Waals surface area contributed by atoms with E-state index in [0.717, 1.165) is 35.7 Å². The van der Waals surface area contributed by atoms with Crippen molar-refractivity contribution in [2.45, 2.75) is 122 Å². The number of nitrogens with one attached hydrogen (secondary N) is 1. The number of H-pyrrole nitrogens is 1. The predicted molar refractivity (Wildman–Crippen MR) is 140 cm³/mol. The largest absolute Gasteiger partial charge is 1.00 e. The zero-order valence-corrected chi connectivity index (χ0v) is 24.2. The number of nitrogens with zero attached hydrogens (tertiary/aromatic N) is 1. The molecule has 2 rings (SSSR count). The molecular formula is C29H45N2NaO3. The molecule has 5 nitrogen and oxygen atoms in total. The Balaban J connectivity index is 0.00000612. The van der Waals surface area contributed by atoms with E-state index in [1.807, 2.05) is 30.5 Å². The van der Waals surface area contributed by atoms with Gasteiger partial charge in [0.25, 0.3) is 0 Å². The minimum atomic E-state index is -1.05. The number of aromatic nitrogens is 1. The summed E-state index contributed by atoms with van der Waals surface area (Å²) in [5.41, 5.74) is 1.84. The van der Waals surface area contributed by atoms with Crippen molar-refractivity contribution in [3.63, 3.8) is 0 Å². The zero-order valence-electron chi connectivity index (χ0n) is 22.2. The monoisotopic (exact) mass is 492 g/mol. The molecule has 1 atom stereocenters. The zero-order chi connectivity index (χ0) is 24.4. The van der Waals surface area contributed by atoms with E-state index in [2.05, 4.69) is 16.9 Å². The normalized spacial score (nSPS) is 12.5. The standard InChI is InChI=1S/C29H46N2O3.Na/c1-2-3-4-5-6-7-8-9-10-11-12-13-14-15-16-21-28(32)31-27(29(33)34)22-24-23-30-26-20-18-17-19-25(24)26;/h17-20,23,27,30H,2-16,21-22H2,1H3,(H,31,32)(H,33,34);/q;+1/p-1. The number of benzene rings is 1. The third-order valence-corrected chi connectivity index (χ3v) is 6.67. The minimum absolute atomic E-state index is 0. The number of fused-ring (bicyclic) bond motifs is 1. The molecule has 2 N–H and O–H groups in total. The topological polar surface area (TPSA) is 88.5 Å². The van der Waals surface area contributed by atoms with E-state index >= 15 is 0 Å². The molecule has 0 bridgehead atoms. The first-order chi connectivity index (χ1) is 16.6. The second-order valence-corrected chi connectivity index (χ2v) is 9.64. The number of hydrogen-bond donors (Lipinski definition) is 2. The fraction of sp³-hybridized carbons (Fsp3) is 0.655. The van der Waals surface area contributed by atoms with Crippen molar-refractivity contribution in [3.8, 4) is 0 Å². The van der Waals surface area contributed by atoms with Gasteiger partial charge in [-0.2, -0.15) is 0 Å². The number of aliphatic imine (C=N–C) groups is 1. The molecule has 0 aliphatic heterocycles. The Morgan fingerprint density at radius 3 is 1.94 bits per heavy atom. The van der Waals surface area contributed by atoms with Crippen molar-refractivity contribution in [1.29, 1.82) is 0 Å². The van der Waals surface area contributed by atoms with Crippen molar-refractivity contribution in [2.75, 3.05) is 0 Å². The fourth-order valence-corrected chi connectivity index (χ4v) is 4.58. The predicted octanol–water partition coefficient (Wildman–Crippen LogP) is 4.19. The van der Waals surface area contributed by atoms with Gasteiger partial charge in [0.2, 0.25) is 0 Å². The summed E-state index contributed by atoms with van der Waals surface area (Å²) < 4.78 is 0. The first-order valence-corrected chi connectivity index (χ1v) is 13.6. The van der Waals surface area contributed by atoms with Crippen molar-refractivity contribution in [2.24, 2.45) is 4.99 Å². The van der Waals surface area contributed by atoms with Crippen LogP contribution in [0.4, 0.5) is 0 Å². The van der Waals surface area contributed by atoms with Crippen LogP contribution in [-0.2, 0) is 11.2 Å². The van der Waals surface area contributed by atoms with Crippen LogP contribution in [0.3, 0.4) is 0 Å². The third kappa shape index (κ3) is 13.5. The first kappa shape index (κ1) is 31.7. The van der Waals surface area contributed by atoms with E-state index < -0.39 is 12.0 Å². The average Bonchev–Trinajstić information content (AvgIpc) is 3.24. The van der Waals surface area contributed by atoms with Crippen LogP contribution in [0.15, 0.2) is 35.5 Å². The van der Waals surface area contributed by atoms with E-state index in [9.17, 15) is 15.0 Å². The number of carboxylic acids is 1. The summed E-state index contributed by atoms with van der Waals surface area (Å²) in [5, 5.41) is 22.8. The Labute approximate surface area is 234 Å². The average molecular weight is 493 g/mol. The van der Waals surface area contributed by atoms with Crippen molar-refractivity contribution in [1.82, 2.24) is 4.98 Å². The Morgan fingerprint density at radius 1 is 0.886 bits per heavy atom. The van der Waals surface area contributed by atoms with Crippen LogP contribution in [0, 0.1) is 0 Å². The summed E-state index contributed by atoms with van der Waals surface area (Å²) in [5.74, 6) is -1.34. The first-order valence-electron chi connectivity index (χ1n) is 13.6. The van der Waals surface area contributed by atoms with Crippen LogP contribution in [0.1, 0.15) is 115 Å². The van der Waals surface area contributed by atoms with Crippen molar-refractivity contribution in [3.05, 3.63) is 36.0 Å². The maximum Gasteiger partial charge on any atom is 1.00 e. The second-order valence-electron chi connectivity index (χ2n) is 9.64. The Kier molecular flexibility index (Phi) is 18.0. The SMILES string of the molecule is CCCCCCCCCCCCCCCCCC([O-])=NC(Cc1c[nH]c2ccccc12)C(=O)O.[Na+]. The molecule has 6 heteroatoms. The number of rotatable bonds is 20. The number of carboxylic acid groups (broad SMARTS) is 1. The van der Waals surface area contributed by atoms with Gasteiger partial charge in [-0.3, -0.25) is 4.99 Å². The van der Waals surface area contributed by atoms with Gasteiger partial charge in [0.1, 0.15) is 6.04 Å². The molecule has 0 fully saturated rings. The molecule has 0 saturated carbocycles. The minimum Gasteiger partial charge on any atom is -0.862 e. The Hall–Kier alpha value is -1.30. The van der Waals surface area contributed by atoms with E-state index in [1.165, 1.54) is 77.0 Å². The molecule has 2 aromatic rings. The Morgan fingerprint density at radius 2 is 1.40 bits per heavy atom. The van der Waals surface area contributed by atoms with Gasteiger partial charge in [0.05, 0.1) is 0 Å². The van der Waals surface area contributed by atoms with Crippen molar-refractivity contribution < 1.29 is 44.6 Å². The second kappa shape index (κ2) is 19.8. The smallest absolute Gasteiger partial charge is 0.862 e. The van der Waals surface area contributed by atoms with Crippen LogP contribution < -0.4 is 34.7 Å². The number of hydrogen-bond acceptors (Lipinski definition) is 3. The summed E-state index contributed by atoms with van der Waals surface area (Å²) in [6, 6.07) is 6.74. The fourth-order valence-electron chi connectivity index (χ4n) is 4.58. The molecule has 1 unspecified atom stereocenters. The van der Waals surface area contributed by atoms with Gasteiger partial charge < -0.3 is 15.2 Å². The molecule has 0 aliphatic carbocycles. The number of aliphatic carboxylic acids is 1. The van der Waals surface area contributed by atoms with Gasteiger partial charge in [-0.25, -0.2) is 4.79 Å². The maximum absolute atomic E-state index is 12.2. The number of para-hydroxylation sites is 1. The molecule has 0 spiro atoms.